The zero-order chi connectivity index (χ0) is 10.8. The molecule has 0 aliphatic rings. The molecule has 0 amide bonds. The van der Waals surface area contributed by atoms with E-state index in [-0.39, 0.29) is 0 Å². The van der Waals surface area contributed by atoms with Crippen LogP contribution in [-0.4, -0.2) is 9.78 Å². The van der Waals surface area contributed by atoms with Crippen molar-refractivity contribution in [1.29, 1.82) is 0 Å². The fourth-order valence-electron chi connectivity index (χ4n) is 1.90. The van der Waals surface area contributed by atoms with E-state index in [4.69, 9.17) is 0 Å². The molecule has 0 saturated heterocycles. The minimum atomic E-state index is 0.491. The first-order chi connectivity index (χ1) is 7.22. The summed E-state index contributed by atoms with van der Waals surface area (Å²) in [5.41, 5.74) is 1.25. The number of rotatable bonds is 3. The lowest BCUT2D eigenvalue weighted by Gasteiger charge is -2.12. The molecule has 2 rings (SSSR count). The Hall–Kier alpha value is -0.580. The first-order valence-electron chi connectivity index (χ1n) is 5.35. The van der Waals surface area contributed by atoms with E-state index in [1.807, 2.05) is 6.20 Å². The van der Waals surface area contributed by atoms with Crippen molar-refractivity contribution in [1.82, 2.24) is 9.78 Å². The fourth-order valence-corrected chi connectivity index (χ4v) is 2.38. The van der Waals surface area contributed by atoms with Crippen LogP contribution in [-0.2, 0) is 0 Å². The number of benzene rings is 1. The molecule has 80 valence electrons. The third-order valence-corrected chi connectivity index (χ3v) is 3.36. The average Bonchev–Trinajstić information content (AvgIpc) is 2.60. The molecular weight excluding hydrogens is 299 g/mol. The summed E-state index contributed by atoms with van der Waals surface area (Å²) >= 11 is 2.35. The maximum Gasteiger partial charge on any atom is 0.0696 e. The molecule has 1 aromatic heterocycles. The van der Waals surface area contributed by atoms with Crippen molar-refractivity contribution in [3.63, 3.8) is 0 Å². The minimum absolute atomic E-state index is 0.491. The smallest absolute Gasteiger partial charge is 0.0696 e. The Morgan fingerprint density at radius 2 is 2.27 bits per heavy atom. The number of hydrogen-bond acceptors (Lipinski definition) is 1. The van der Waals surface area contributed by atoms with Gasteiger partial charge in [0, 0.05) is 15.0 Å². The first-order valence-corrected chi connectivity index (χ1v) is 6.43. The lowest BCUT2D eigenvalue weighted by molar-refractivity contribution is 0.468. The van der Waals surface area contributed by atoms with E-state index in [1.54, 1.807) is 0 Å². The van der Waals surface area contributed by atoms with Crippen LogP contribution in [0.25, 0.3) is 10.9 Å². The third-order valence-electron chi connectivity index (χ3n) is 2.68. The summed E-state index contributed by atoms with van der Waals surface area (Å²) < 4.78 is 3.41. The van der Waals surface area contributed by atoms with Crippen LogP contribution in [0.2, 0.25) is 0 Å². The molecule has 0 radical (unpaired) electrons. The van der Waals surface area contributed by atoms with Crippen LogP contribution in [0.4, 0.5) is 0 Å². The molecule has 0 N–H and O–H groups in total. The standard InChI is InChI=1S/C12H15IN2/c1-3-4-9(2)15-12-7-11(13)6-5-10(12)8-14-15/h5-9H,3-4H2,1-2H3. The molecule has 15 heavy (non-hydrogen) atoms. The normalized spacial score (nSPS) is 13.3. The van der Waals surface area contributed by atoms with Crippen LogP contribution < -0.4 is 0 Å². The topological polar surface area (TPSA) is 17.8 Å². The first kappa shape index (κ1) is 10.9. The van der Waals surface area contributed by atoms with Crippen molar-refractivity contribution in [3.05, 3.63) is 28.0 Å². The second-order valence-corrected chi connectivity index (χ2v) is 5.18. The van der Waals surface area contributed by atoms with Gasteiger partial charge in [-0.2, -0.15) is 5.10 Å². The van der Waals surface area contributed by atoms with E-state index in [0.717, 1.165) is 0 Å². The summed E-state index contributed by atoms with van der Waals surface area (Å²) in [7, 11) is 0. The Kier molecular flexibility index (Phi) is 3.29. The SMILES string of the molecule is CCCC(C)n1ncc2ccc(I)cc21. The number of hydrogen-bond donors (Lipinski definition) is 0. The predicted octanol–water partition coefficient (Wildman–Crippen LogP) is 4.00. The van der Waals surface area contributed by atoms with Gasteiger partial charge in [0.1, 0.15) is 0 Å². The van der Waals surface area contributed by atoms with Gasteiger partial charge in [0.25, 0.3) is 0 Å². The fraction of sp³-hybridized carbons (Fsp3) is 0.417. The second kappa shape index (κ2) is 4.51. The van der Waals surface area contributed by atoms with Gasteiger partial charge < -0.3 is 0 Å². The van der Waals surface area contributed by atoms with Gasteiger partial charge in [-0.05, 0) is 48.1 Å². The zero-order valence-electron chi connectivity index (χ0n) is 9.07. The van der Waals surface area contributed by atoms with E-state index in [0.29, 0.717) is 6.04 Å². The number of fused-ring (bicyclic) bond motifs is 1. The van der Waals surface area contributed by atoms with Crippen LogP contribution in [0, 0.1) is 3.57 Å². The highest BCUT2D eigenvalue weighted by molar-refractivity contribution is 14.1. The number of halogens is 1. The van der Waals surface area contributed by atoms with Crippen molar-refractivity contribution in [2.24, 2.45) is 0 Å². The van der Waals surface area contributed by atoms with Gasteiger partial charge >= 0.3 is 0 Å². The van der Waals surface area contributed by atoms with Gasteiger partial charge in [0.2, 0.25) is 0 Å². The van der Waals surface area contributed by atoms with Crippen LogP contribution >= 0.6 is 22.6 Å². The molecule has 1 heterocycles. The number of aromatic nitrogens is 2. The molecule has 2 aromatic rings. The summed E-state index contributed by atoms with van der Waals surface area (Å²) in [6, 6.07) is 6.96. The van der Waals surface area contributed by atoms with Gasteiger partial charge in [-0.3, -0.25) is 4.68 Å². The lowest BCUT2D eigenvalue weighted by Crippen LogP contribution is -2.06. The summed E-state index contributed by atoms with van der Waals surface area (Å²) in [4.78, 5) is 0. The monoisotopic (exact) mass is 314 g/mol. The predicted molar refractivity (Wildman–Crippen MR) is 72.1 cm³/mol. The van der Waals surface area contributed by atoms with Gasteiger partial charge in [0.05, 0.1) is 11.7 Å². The van der Waals surface area contributed by atoms with Gasteiger partial charge in [-0.25, -0.2) is 0 Å². The van der Waals surface area contributed by atoms with Crippen LogP contribution in [0.3, 0.4) is 0 Å². The minimum Gasteiger partial charge on any atom is -0.262 e. The summed E-state index contributed by atoms with van der Waals surface area (Å²) in [5.74, 6) is 0. The maximum atomic E-state index is 4.47. The van der Waals surface area contributed by atoms with Crippen LogP contribution in [0.15, 0.2) is 24.4 Å². The van der Waals surface area contributed by atoms with Crippen molar-refractivity contribution < 1.29 is 0 Å². The molecule has 0 spiro atoms. The molecule has 1 atom stereocenters. The van der Waals surface area contributed by atoms with Crippen molar-refractivity contribution in [3.8, 4) is 0 Å². The molecule has 0 fully saturated rings. The molecule has 0 aliphatic heterocycles. The molecule has 3 heteroatoms. The highest BCUT2D eigenvalue weighted by atomic mass is 127. The molecule has 0 saturated carbocycles. The largest absolute Gasteiger partial charge is 0.262 e. The van der Waals surface area contributed by atoms with E-state index < -0.39 is 0 Å². The molecule has 1 unspecified atom stereocenters. The Balaban J connectivity index is 2.47. The molecule has 1 aromatic carbocycles. The summed E-state index contributed by atoms with van der Waals surface area (Å²) in [6.07, 6.45) is 4.34. The van der Waals surface area contributed by atoms with Gasteiger partial charge in [-0.15, -0.1) is 0 Å². The summed E-state index contributed by atoms with van der Waals surface area (Å²) in [6.45, 7) is 4.45. The Labute approximate surface area is 104 Å². The molecular formula is C12H15IN2. The second-order valence-electron chi connectivity index (χ2n) is 3.93. The molecule has 0 bridgehead atoms. The van der Waals surface area contributed by atoms with Crippen LogP contribution in [0.1, 0.15) is 32.7 Å². The highest BCUT2D eigenvalue weighted by Gasteiger charge is 2.08. The molecule has 2 nitrogen and oxygen atoms in total. The third kappa shape index (κ3) is 2.17. The van der Waals surface area contributed by atoms with E-state index in [2.05, 4.69) is 64.4 Å². The van der Waals surface area contributed by atoms with Crippen molar-refractivity contribution in [2.75, 3.05) is 0 Å². The van der Waals surface area contributed by atoms with E-state index in [9.17, 15) is 0 Å². The van der Waals surface area contributed by atoms with E-state index in [1.165, 1.54) is 27.3 Å². The van der Waals surface area contributed by atoms with Gasteiger partial charge in [0.15, 0.2) is 0 Å². The van der Waals surface area contributed by atoms with Crippen molar-refractivity contribution in [2.45, 2.75) is 32.7 Å². The maximum absolute atomic E-state index is 4.47. The average molecular weight is 314 g/mol. The van der Waals surface area contributed by atoms with Gasteiger partial charge in [-0.1, -0.05) is 19.4 Å². The zero-order valence-corrected chi connectivity index (χ0v) is 11.2. The Bertz CT molecular complexity index is 462. The quantitative estimate of drug-likeness (QED) is 0.783. The Morgan fingerprint density at radius 3 is 3.00 bits per heavy atom. The Morgan fingerprint density at radius 1 is 1.47 bits per heavy atom. The molecule has 0 aliphatic carbocycles. The number of nitrogens with zero attached hydrogens (tertiary/aromatic N) is 2. The van der Waals surface area contributed by atoms with Crippen LogP contribution in [0.5, 0.6) is 0 Å². The lowest BCUT2D eigenvalue weighted by atomic mass is 10.2. The summed E-state index contributed by atoms with van der Waals surface area (Å²) in [5, 5.41) is 5.70. The highest BCUT2D eigenvalue weighted by Crippen LogP contribution is 2.22. The van der Waals surface area contributed by atoms with Crippen molar-refractivity contribution >= 4 is 33.5 Å². The van der Waals surface area contributed by atoms with E-state index >= 15 is 0 Å².